The summed E-state index contributed by atoms with van der Waals surface area (Å²) in [6, 6.07) is 26.9. The molecule has 1 N–H and O–H groups in total. The molecule has 0 atom stereocenters. The molecule has 2 fully saturated rings. The van der Waals surface area contributed by atoms with Gasteiger partial charge in [0.1, 0.15) is 11.6 Å². The van der Waals surface area contributed by atoms with Crippen LogP contribution in [0.4, 0.5) is 5.82 Å². The number of hydrogen-bond donors (Lipinski definition) is 1. The average Bonchev–Trinajstić information content (AvgIpc) is 3.65. The van der Waals surface area contributed by atoms with Gasteiger partial charge in [-0.15, -0.1) is 0 Å². The van der Waals surface area contributed by atoms with Crippen LogP contribution in [0.15, 0.2) is 88.4 Å². The van der Waals surface area contributed by atoms with E-state index in [1.165, 1.54) is 17.3 Å². The smallest absolute Gasteiger partial charge is 0.287 e. The first-order valence-corrected chi connectivity index (χ1v) is 14.2. The van der Waals surface area contributed by atoms with Crippen molar-refractivity contribution in [1.29, 1.82) is 0 Å². The van der Waals surface area contributed by atoms with E-state index in [4.69, 9.17) is 14.4 Å². The molecule has 1 aliphatic carbocycles. The van der Waals surface area contributed by atoms with Gasteiger partial charge in [0.25, 0.3) is 5.91 Å². The lowest BCUT2D eigenvalue weighted by molar-refractivity contribution is 0.0922. The van der Waals surface area contributed by atoms with E-state index in [0.717, 1.165) is 68.4 Å². The van der Waals surface area contributed by atoms with E-state index >= 15 is 0 Å². The Bertz CT molecular complexity index is 1370. The maximum atomic E-state index is 12.3. The van der Waals surface area contributed by atoms with Crippen molar-refractivity contribution >= 4 is 23.5 Å². The highest BCUT2D eigenvalue weighted by Crippen LogP contribution is 2.29. The molecule has 3 heterocycles. The number of thioether (sulfide) groups is 1. The molecular weight excluding hydrogens is 494 g/mol. The number of aromatic nitrogens is 2. The molecule has 0 radical (unpaired) electrons. The molecule has 7 nitrogen and oxygen atoms in total. The lowest BCUT2D eigenvalue weighted by Gasteiger charge is -2.35. The Balaban J connectivity index is 1.15. The van der Waals surface area contributed by atoms with E-state index in [1.807, 2.05) is 24.3 Å². The van der Waals surface area contributed by atoms with E-state index in [2.05, 4.69) is 63.6 Å². The summed E-state index contributed by atoms with van der Waals surface area (Å²) in [5.74, 6) is 2.46. The number of carbonyl (C=O) groups is 1. The molecule has 2 aromatic carbocycles. The number of piperazine rings is 1. The fourth-order valence-corrected chi connectivity index (χ4v) is 5.32. The Kier molecular flexibility index (Phi) is 7.42. The quantitative estimate of drug-likeness (QED) is 0.237. The molecule has 8 heteroatoms. The third kappa shape index (κ3) is 6.26. The zero-order valence-electron chi connectivity index (χ0n) is 21.3. The first-order chi connectivity index (χ1) is 18.7. The molecule has 0 unspecified atom stereocenters. The van der Waals surface area contributed by atoms with Crippen molar-refractivity contribution in [2.24, 2.45) is 0 Å². The fourth-order valence-electron chi connectivity index (χ4n) is 4.57. The van der Waals surface area contributed by atoms with Gasteiger partial charge >= 0.3 is 0 Å². The van der Waals surface area contributed by atoms with Gasteiger partial charge in [-0.25, -0.2) is 9.97 Å². The first kappa shape index (κ1) is 24.7. The molecule has 2 aromatic heterocycles. The Labute approximate surface area is 227 Å². The molecule has 4 aromatic rings. The predicted molar refractivity (Wildman–Crippen MR) is 150 cm³/mol. The van der Waals surface area contributed by atoms with Crippen molar-refractivity contribution in [3.63, 3.8) is 0 Å². The van der Waals surface area contributed by atoms with Crippen LogP contribution in [-0.4, -0.2) is 53.0 Å². The molecule has 0 spiro atoms. The van der Waals surface area contributed by atoms with Gasteiger partial charge in [-0.05, 0) is 30.5 Å². The number of carbonyl (C=O) groups excluding carboxylic acids is 1. The van der Waals surface area contributed by atoms with Crippen molar-refractivity contribution in [3.05, 3.63) is 95.9 Å². The van der Waals surface area contributed by atoms with Crippen molar-refractivity contribution in [2.45, 2.75) is 36.3 Å². The number of nitrogens with one attached hydrogen (secondary N) is 1. The Hall–Kier alpha value is -3.62. The van der Waals surface area contributed by atoms with Crippen LogP contribution >= 0.6 is 11.8 Å². The minimum Gasteiger partial charge on any atom is -0.455 e. The Morgan fingerprint density at radius 1 is 0.921 bits per heavy atom. The van der Waals surface area contributed by atoms with E-state index in [9.17, 15) is 4.79 Å². The van der Waals surface area contributed by atoms with Crippen molar-refractivity contribution in [2.75, 3.05) is 31.1 Å². The topological polar surface area (TPSA) is 74.5 Å². The molecule has 1 saturated heterocycles. The second kappa shape index (κ2) is 11.4. The maximum absolute atomic E-state index is 12.3. The second-order valence-corrected chi connectivity index (χ2v) is 10.8. The van der Waals surface area contributed by atoms with Crippen LogP contribution in [0.3, 0.4) is 0 Å². The van der Waals surface area contributed by atoms with Gasteiger partial charge in [-0.3, -0.25) is 9.69 Å². The van der Waals surface area contributed by atoms with E-state index < -0.39 is 0 Å². The fraction of sp³-hybridized carbons (Fsp3) is 0.300. The number of amides is 1. The van der Waals surface area contributed by atoms with Gasteiger partial charge in [-0.2, -0.15) is 0 Å². The van der Waals surface area contributed by atoms with Crippen LogP contribution in [0.1, 0.15) is 34.7 Å². The molecule has 194 valence electrons. The van der Waals surface area contributed by atoms with Gasteiger partial charge in [0.2, 0.25) is 0 Å². The summed E-state index contributed by atoms with van der Waals surface area (Å²) < 4.78 is 5.81. The number of rotatable bonds is 9. The summed E-state index contributed by atoms with van der Waals surface area (Å²) >= 11 is 1.53. The second-order valence-electron chi connectivity index (χ2n) is 9.81. The number of nitrogens with zero attached hydrogens (tertiary/aromatic N) is 4. The van der Waals surface area contributed by atoms with Gasteiger partial charge in [0.05, 0.1) is 11.4 Å². The molecule has 2 aliphatic rings. The molecule has 38 heavy (non-hydrogen) atoms. The Morgan fingerprint density at radius 2 is 1.66 bits per heavy atom. The van der Waals surface area contributed by atoms with Crippen LogP contribution in [0.2, 0.25) is 0 Å². The zero-order valence-corrected chi connectivity index (χ0v) is 22.1. The van der Waals surface area contributed by atoms with Crippen molar-refractivity contribution < 1.29 is 9.21 Å². The van der Waals surface area contributed by atoms with Crippen LogP contribution in [-0.2, 0) is 12.3 Å². The summed E-state index contributed by atoms with van der Waals surface area (Å²) in [6.07, 6.45) is 2.10. The van der Waals surface area contributed by atoms with E-state index in [-0.39, 0.29) is 5.91 Å². The van der Waals surface area contributed by atoms with Crippen LogP contribution in [0.5, 0.6) is 0 Å². The number of anilines is 1. The van der Waals surface area contributed by atoms with E-state index in [0.29, 0.717) is 22.7 Å². The number of benzene rings is 2. The molecule has 1 amide bonds. The van der Waals surface area contributed by atoms with Gasteiger partial charge in [0, 0.05) is 50.4 Å². The summed E-state index contributed by atoms with van der Waals surface area (Å²) in [5, 5.41) is 3.67. The lowest BCUT2D eigenvalue weighted by Crippen LogP contribution is -2.46. The van der Waals surface area contributed by atoms with Crippen molar-refractivity contribution in [3.8, 4) is 11.3 Å². The summed E-state index contributed by atoms with van der Waals surface area (Å²) in [6.45, 7) is 4.78. The van der Waals surface area contributed by atoms with Gasteiger partial charge in [-0.1, -0.05) is 72.4 Å². The predicted octanol–water partition coefficient (Wildman–Crippen LogP) is 5.24. The van der Waals surface area contributed by atoms with Crippen LogP contribution in [0, 0.1) is 0 Å². The molecule has 1 saturated carbocycles. The highest BCUT2D eigenvalue weighted by Gasteiger charge is 2.25. The molecule has 0 bridgehead atoms. The first-order valence-electron chi connectivity index (χ1n) is 13.2. The average molecular weight is 526 g/mol. The third-order valence-electron chi connectivity index (χ3n) is 6.85. The Morgan fingerprint density at radius 3 is 2.39 bits per heavy atom. The molecular formula is C30H31N5O2S. The van der Waals surface area contributed by atoms with Gasteiger partial charge in [0.15, 0.2) is 10.9 Å². The van der Waals surface area contributed by atoms with Crippen molar-refractivity contribution in [1.82, 2.24) is 20.2 Å². The summed E-state index contributed by atoms with van der Waals surface area (Å²) in [5.41, 5.74) is 3.32. The largest absolute Gasteiger partial charge is 0.455 e. The molecule has 1 aliphatic heterocycles. The standard InChI is InChI=1S/C30H31N5O2S/c36-29(31-24-11-12-24)27-14-13-25(37-27)21-38-30-32-26(23-9-5-2-6-10-23)19-28(33-30)35-17-15-34(16-18-35)20-22-7-3-1-4-8-22/h1-10,13-14,19,24H,11-12,15-18,20-21H2,(H,31,36). The highest BCUT2D eigenvalue weighted by molar-refractivity contribution is 7.98. The SMILES string of the molecule is O=C(NC1CC1)c1ccc(CSc2nc(-c3ccccc3)cc(N3CCN(Cc4ccccc4)CC3)n2)o1. The van der Waals surface area contributed by atoms with Crippen LogP contribution in [0.25, 0.3) is 11.3 Å². The molecule has 6 rings (SSSR count). The third-order valence-corrected chi connectivity index (χ3v) is 7.72. The minimum absolute atomic E-state index is 0.139. The van der Waals surface area contributed by atoms with Gasteiger partial charge < -0.3 is 14.6 Å². The summed E-state index contributed by atoms with van der Waals surface area (Å²) in [7, 11) is 0. The maximum Gasteiger partial charge on any atom is 0.287 e. The van der Waals surface area contributed by atoms with Crippen LogP contribution < -0.4 is 10.2 Å². The zero-order chi connectivity index (χ0) is 25.7. The normalized spacial score (nSPS) is 15.9. The lowest BCUT2D eigenvalue weighted by atomic mass is 10.1. The number of hydrogen-bond acceptors (Lipinski definition) is 7. The van der Waals surface area contributed by atoms with E-state index in [1.54, 1.807) is 6.07 Å². The minimum atomic E-state index is -0.139. The highest BCUT2D eigenvalue weighted by atomic mass is 32.2. The monoisotopic (exact) mass is 525 g/mol. The number of furan rings is 1. The summed E-state index contributed by atoms with van der Waals surface area (Å²) in [4.78, 5) is 26.9.